The van der Waals surface area contributed by atoms with Crippen molar-refractivity contribution >= 4 is 28.9 Å². The SMILES string of the molecule is Cc1cc(O)c(NC(=S)NC(=O)c2ccc(C(C)C)cc2)cc1C. The molecule has 0 aliphatic rings. The molecule has 0 bridgehead atoms. The number of amides is 1. The van der Waals surface area contributed by atoms with Crippen LogP contribution in [0.1, 0.15) is 46.8 Å². The monoisotopic (exact) mass is 342 g/mol. The van der Waals surface area contributed by atoms with Gasteiger partial charge in [0.15, 0.2) is 5.11 Å². The van der Waals surface area contributed by atoms with E-state index < -0.39 is 0 Å². The number of thiocarbonyl (C=S) groups is 1. The topological polar surface area (TPSA) is 61.4 Å². The Morgan fingerprint density at radius 3 is 2.25 bits per heavy atom. The Balaban J connectivity index is 2.04. The summed E-state index contributed by atoms with van der Waals surface area (Å²) in [6, 6.07) is 10.9. The van der Waals surface area contributed by atoms with Crippen LogP contribution in [-0.4, -0.2) is 16.1 Å². The zero-order chi connectivity index (χ0) is 17.9. The molecule has 0 heterocycles. The molecule has 126 valence electrons. The highest BCUT2D eigenvalue weighted by atomic mass is 32.1. The van der Waals surface area contributed by atoms with Gasteiger partial charge in [0.2, 0.25) is 0 Å². The van der Waals surface area contributed by atoms with Crippen LogP contribution < -0.4 is 10.6 Å². The van der Waals surface area contributed by atoms with Gasteiger partial charge < -0.3 is 10.4 Å². The minimum atomic E-state index is -0.286. The fourth-order valence-electron chi connectivity index (χ4n) is 2.25. The van der Waals surface area contributed by atoms with Crippen molar-refractivity contribution < 1.29 is 9.90 Å². The number of carbonyl (C=O) groups is 1. The van der Waals surface area contributed by atoms with Crippen LogP contribution in [0.3, 0.4) is 0 Å². The maximum Gasteiger partial charge on any atom is 0.257 e. The molecular formula is C19H22N2O2S. The van der Waals surface area contributed by atoms with E-state index in [1.165, 1.54) is 5.56 Å². The summed E-state index contributed by atoms with van der Waals surface area (Å²) in [5.74, 6) is 0.222. The first-order valence-electron chi connectivity index (χ1n) is 7.80. The molecule has 0 fully saturated rings. The smallest absolute Gasteiger partial charge is 0.257 e. The molecule has 0 atom stereocenters. The van der Waals surface area contributed by atoms with Crippen LogP contribution in [0.5, 0.6) is 5.75 Å². The summed E-state index contributed by atoms with van der Waals surface area (Å²) in [6.07, 6.45) is 0. The molecule has 2 aromatic rings. The van der Waals surface area contributed by atoms with Gasteiger partial charge in [0.25, 0.3) is 5.91 Å². The molecule has 2 rings (SSSR count). The fourth-order valence-corrected chi connectivity index (χ4v) is 2.45. The van der Waals surface area contributed by atoms with Crippen molar-refractivity contribution in [2.75, 3.05) is 5.32 Å². The largest absolute Gasteiger partial charge is 0.506 e. The lowest BCUT2D eigenvalue weighted by Crippen LogP contribution is -2.34. The van der Waals surface area contributed by atoms with Gasteiger partial charge in [0.1, 0.15) is 5.75 Å². The highest BCUT2D eigenvalue weighted by Gasteiger charge is 2.11. The molecule has 0 spiro atoms. The number of benzene rings is 2. The number of phenols is 1. The Labute approximate surface area is 147 Å². The van der Waals surface area contributed by atoms with Crippen LogP contribution in [0.25, 0.3) is 0 Å². The van der Waals surface area contributed by atoms with E-state index in [9.17, 15) is 9.90 Å². The number of carbonyl (C=O) groups excluding carboxylic acids is 1. The molecule has 5 heteroatoms. The number of anilines is 1. The lowest BCUT2D eigenvalue weighted by molar-refractivity contribution is 0.0977. The van der Waals surface area contributed by atoms with Gasteiger partial charge in [-0.3, -0.25) is 10.1 Å². The van der Waals surface area contributed by atoms with Gasteiger partial charge in [-0.2, -0.15) is 0 Å². The Morgan fingerprint density at radius 2 is 1.67 bits per heavy atom. The Bertz CT molecular complexity index is 768. The summed E-state index contributed by atoms with van der Waals surface area (Å²) < 4.78 is 0. The van der Waals surface area contributed by atoms with E-state index in [0.717, 1.165) is 11.1 Å². The number of phenolic OH excluding ortho intramolecular Hbond substituents is 1. The number of aryl methyl sites for hydroxylation is 2. The average molecular weight is 342 g/mol. The lowest BCUT2D eigenvalue weighted by atomic mass is 10.0. The third kappa shape index (κ3) is 4.32. The first-order chi connectivity index (χ1) is 11.3. The van der Waals surface area contributed by atoms with E-state index >= 15 is 0 Å². The van der Waals surface area contributed by atoms with E-state index in [1.54, 1.807) is 24.3 Å². The van der Waals surface area contributed by atoms with Gasteiger partial charge in [0, 0.05) is 5.56 Å². The Kier molecular flexibility index (Phi) is 5.57. The van der Waals surface area contributed by atoms with E-state index in [2.05, 4.69) is 24.5 Å². The van der Waals surface area contributed by atoms with Crippen LogP contribution in [0.2, 0.25) is 0 Å². The number of aromatic hydroxyl groups is 1. The third-order valence-corrected chi connectivity index (χ3v) is 4.13. The molecule has 0 radical (unpaired) electrons. The lowest BCUT2D eigenvalue weighted by Gasteiger charge is -2.13. The van der Waals surface area contributed by atoms with Crippen LogP contribution in [0, 0.1) is 13.8 Å². The molecule has 3 N–H and O–H groups in total. The fraction of sp³-hybridized carbons (Fsp3) is 0.263. The van der Waals surface area contributed by atoms with Crippen molar-refractivity contribution in [3.8, 4) is 5.75 Å². The molecule has 0 aromatic heterocycles. The number of hydrogen-bond donors (Lipinski definition) is 3. The second kappa shape index (κ2) is 7.45. The van der Waals surface area contributed by atoms with E-state index in [4.69, 9.17) is 12.2 Å². The van der Waals surface area contributed by atoms with Crippen LogP contribution >= 0.6 is 12.2 Å². The van der Waals surface area contributed by atoms with E-state index in [-0.39, 0.29) is 16.8 Å². The highest BCUT2D eigenvalue weighted by Crippen LogP contribution is 2.26. The van der Waals surface area contributed by atoms with Crippen LogP contribution in [0.4, 0.5) is 5.69 Å². The predicted octanol–water partition coefficient (Wildman–Crippen LogP) is 4.26. The summed E-state index contributed by atoms with van der Waals surface area (Å²) >= 11 is 5.16. The van der Waals surface area contributed by atoms with Gasteiger partial charge >= 0.3 is 0 Å². The standard InChI is InChI=1S/C19H22N2O2S/c1-11(2)14-5-7-15(8-6-14)18(23)21-19(24)20-16-9-12(3)13(4)10-17(16)22/h5-11,22H,1-4H3,(H2,20,21,23,24). The number of rotatable bonds is 3. The summed E-state index contributed by atoms with van der Waals surface area (Å²) in [7, 11) is 0. The normalized spacial score (nSPS) is 10.5. The molecule has 0 aliphatic heterocycles. The molecule has 2 aromatic carbocycles. The van der Waals surface area contributed by atoms with E-state index in [0.29, 0.717) is 17.2 Å². The summed E-state index contributed by atoms with van der Waals surface area (Å²) in [4.78, 5) is 12.2. The molecule has 0 aliphatic carbocycles. The quantitative estimate of drug-likeness (QED) is 0.576. The first kappa shape index (κ1) is 17.9. The van der Waals surface area contributed by atoms with Crippen LogP contribution in [-0.2, 0) is 0 Å². The molecule has 0 unspecified atom stereocenters. The third-order valence-electron chi connectivity index (χ3n) is 3.93. The van der Waals surface area contributed by atoms with E-state index in [1.807, 2.05) is 26.0 Å². The van der Waals surface area contributed by atoms with Crippen molar-refractivity contribution in [1.29, 1.82) is 0 Å². The zero-order valence-corrected chi connectivity index (χ0v) is 15.1. The second-order valence-corrected chi connectivity index (χ2v) is 6.55. The summed E-state index contributed by atoms with van der Waals surface area (Å²) in [5.41, 5.74) is 4.19. The number of nitrogens with one attached hydrogen (secondary N) is 2. The minimum Gasteiger partial charge on any atom is -0.506 e. The maximum absolute atomic E-state index is 12.2. The van der Waals surface area contributed by atoms with Gasteiger partial charge in [0.05, 0.1) is 5.69 Å². The van der Waals surface area contributed by atoms with Crippen molar-refractivity contribution in [3.05, 3.63) is 58.7 Å². The molecule has 1 amide bonds. The Hall–Kier alpha value is -2.40. The molecule has 0 saturated carbocycles. The van der Waals surface area contributed by atoms with Crippen molar-refractivity contribution in [2.24, 2.45) is 0 Å². The van der Waals surface area contributed by atoms with Gasteiger partial charge in [-0.25, -0.2) is 0 Å². The Morgan fingerprint density at radius 1 is 1.08 bits per heavy atom. The summed E-state index contributed by atoms with van der Waals surface area (Å²) in [6.45, 7) is 8.06. The van der Waals surface area contributed by atoms with Crippen molar-refractivity contribution in [1.82, 2.24) is 5.32 Å². The molecule has 0 saturated heterocycles. The van der Waals surface area contributed by atoms with Crippen molar-refractivity contribution in [3.63, 3.8) is 0 Å². The average Bonchev–Trinajstić information content (AvgIpc) is 2.52. The first-order valence-corrected chi connectivity index (χ1v) is 8.21. The zero-order valence-electron chi connectivity index (χ0n) is 14.3. The van der Waals surface area contributed by atoms with Crippen molar-refractivity contribution in [2.45, 2.75) is 33.6 Å². The summed E-state index contributed by atoms with van der Waals surface area (Å²) in [5, 5.41) is 15.6. The molecular weight excluding hydrogens is 320 g/mol. The second-order valence-electron chi connectivity index (χ2n) is 6.14. The minimum absolute atomic E-state index is 0.0935. The van der Waals surface area contributed by atoms with Gasteiger partial charge in [-0.05, 0) is 72.9 Å². The number of hydrogen-bond acceptors (Lipinski definition) is 3. The van der Waals surface area contributed by atoms with Crippen LogP contribution in [0.15, 0.2) is 36.4 Å². The predicted molar refractivity (Wildman–Crippen MR) is 102 cm³/mol. The molecule has 24 heavy (non-hydrogen) atoms. The molecule has 4 nitrogen and oxygen atoms in total. The maximum atomic E-state index is 12.2. The van der Waals surface area contributed by atoms with Gasteiger partial charge in [-0.1, -0.05) is 26.0 Å². The van der Waals surface area contributed by atoms with Gasteiger partial charge in [-0.15, -0.1) is 0 Å². The highest BCUT2D eigenvalue weighted by molar-refractivity contribution is 7.80.